The molecule has 0 bridgehead atoms. The van der Waals surface area contributed by atoms with Gasteiger partial charge in [-0.2, -0.15) is 0 Å². The number of imidazole rings is 1. The van der Waals surface area contributed by atoms with Gasteiger partial charge in [0, 0.05) is 10.7 Å². The molecule has 3 rings (SSSR count). The number of aromatic nitrogens is 3. The van der Waals surface area contributed by atoms with Gasteiger partial charge in [-0.3, -0.25) is 4.57 Å². The summed E-state index contributed by atoms with van der Waals surface area (Å²) in [4.78, 5) is 7.02. The van der Waals surface area contributed by atoms with Gasteiger partial charge in [-0.05, 0) is 46.3 Å². The minimum Gasteiger partial charge on any atom is -0.329 e. The number of pyridine rings is 1. The van der Waals surface area contributed by atoms with Crippen molar-refractivity contribution in [3.05, 3.63) is 51.3 Å². The molecule has 19 heavy (non-hydrogen) atoms. The minimum absolute atomic E-state index is 0.185. The van der Waals surface area contributed by atoms with E-state index in [0.29, 0.717) is 11.2 Å². The van der Waals surface area contributed by atoms with Gasteiger partial charge in [0.1, 0.15) is 17.3 Å². The number of rotatable bonds is 1. The van der Waals surface area contributed by atoms with E-state index < -0.39 is 11.6 Å². The molecule has 7 heteroatoms. The van der Waals surface area contributed by atoms with Gasteiger partial charge in [0.2, 0.25) is 0 Å². The minimum atomic E-state index is -0.693. The van der Waals surface area contributed by atoms with Gasteiger partial charge in [0.25, 0.3) is 0 Å². The molecule has 0 aliphatic heterocycles. The van der Waals surface area contributed by atoms with Crippen molar-refractivity contribution in [3.8, 4) is 5.69 Å². The van der Waals surface area contributed by atoms with Crippen LogP contribution in [-0.4, -0.2) is 14.5 Å². The number of fused-ring (bicyclic) bond motifs is 1. The van der Waals surface area contributed by atoms with Gasteiger partial charge in [0.15, 0.2) is 10.4 Å². The molecule has 2 heterocycles. The third-order valence-electron chi connectivity index (χ3n) is 2.65. The fourth-order valence-corrected chi connectivity index (χ4v) is 2.50. The first kappa shape index (κ1) is 12.4. The summed E-state index contributed by atoms with van der Waals surface area (Å²) in [5.41, 5.74) is 0.743. The van der Waals surface area contributed by atoms with E-state index in [4.69, 9.17) is 12.2 Å². The molecule has 1 N–H and O–H groups in total. The van der Waals surface area contributed by atoms with Crippen molar-refractivity contribution >= 4 is 39.3 Å². The second-order valence-electron chi connectivity index (χ2n) is 3.86. The van der Waals surface area contributed by atoms with Crippen LogP contribution in [0.5, 0.6) is 0 Å². The van der Waals surface area contributed by atoms with Crippen LogP contribution in [0.4, 0.5) is 8.78 Å². The maximum absolute atomic E-state index is 13.8. The third kappa shape index (κ3) is 1.98. The Bertz CT molecular complexity index is 820. The molecule has 0 saturated heterocycles. The maximum Gasteiger partial charge on any atom is 0.184 e. The Morgan fingerprint density at radius 1 is 1.26 bits per heavy atom. The monoisotopic (exact) mass is 341 g/mol. The fourth-order valence-electron chi connectivity index (χ4n) is 1.88. The Morgan fingerprint density at radius 3 is 2.63 bits per heavy atom. The maximum atomic E-state index is 13.8. The lowest BCUT2D eigenvalue weighted by Crippen LogP contribution is -2.02. The van der Waals surface area contributed by atoms with Crippen molar-refractivity contribution in [2.45, 2.75) is 0 Å². The number of para-hydroxylation sites is 1. The lowest BCUT2D eigenvalue weighted by molar-refractivity contribution is 0.570. The second kappa shape index (κ2) is 4.50. The van der Waals surface area contributed by atoms with Crippen LogP contribution in [0, 0.1) is 16.4 Å². The SMILES string of the molecule is Fc1cccc(F)c1-n1c(=S)[nH]c2cc(Br)cnc21. The number of nitrogens with one attached hydrogen (secondary N) is 1. The second-order valence-corrected chi connectivity index (χ2v) is 5.16. The lowest BCUT2D eigenvalue weighted by Gasteiger charge is -2.06. The highest BCUT2D eigenvalue weighted by atomic mass is 79.9. The predicted octanol–water partition coefficient (Wildman–Crippen LogP) is 4.12. The normalized spacial score (nSPS) is 11.1. The number of halogens is 3. The lowest BCUT2D eigenvalue weighted by atomic mass is 10.3. The summed E-state index contributed by atoms with van der Waals surface area (Å²) < 4.78 is 29.9. The summed E-state index contributed by atoms with van der Waals surface area (Å²) in [5.74, 6) is -1.39. The smallest absolute Gasteiger partial charge is 0.184 e. The molecule has 0 unspecified atom stereocenters. The van der Waals surface area contributed by atoms with E-state index in [1.807, 2.05) is 0 Å². The summed E-state index contributed by atoms with van der Waals surface area (Å²) in [6, 6.07) is 5.40. The van der Waals surface area contributed by atoms with Crippen molar-refractivity contribution in [1.29, 1.82) is 0 Å². The highest BCUT2D eigenvalue weighted by Gasteiger charge is 2.16. The van der Waals surface area contributed by atoms with Gasteiger partial charge in [-0.25, -0.2) is 13.8 Å². The third-order valence-corrected chi connectivity index (χ3v) is 3.37. The Hall–Kier alpha value is -1.60. The summed E-state index contributed by atoms with van der Waals surface area (Å²) in [7, 11) is 0. The Morgan fingerprint density at radius 2 is 1.95 bits per heavy atom. The van der Waals surface area contributed by atoms with Crippen LogP contribution >= 0.6 is 28.1 Å². The first-order valence-electron chi connectivity index (χ1n) is 5.28. The van der Waals surface area contributed by atoms with Gasteiger partial charge < -0.3 is 4.98 Å². The van der Waals surface area contributed by atoms with Crippen LogP contribution < -0.4 is 0 Å². The predicted molar refractivity (Wildman–Crippen MR) is 73.9 cm³/mol. The Kier molecular flexibility index (Phi) is 2.94. The first-order valence-corrected chi connectivity index (χ1v) is 6.48. The highest BCUT2D eigenvalue weighted by molar-refractivity contribution is 9.10. The Balaban J connectivity index is 2.43. The van der Waals surface area contributed by atoms with Crippen molar-refractivity contribution in [2.24, 2.45) is 0 Å². The average molecular weight is 342 g/mol. The summed E-state index contributed by atoms with van der Waals surface area (Å²) >= 11 is 8.39. The number of benzene rings is 1. The quantitative estimate of drug-likeness (QED) is 0.675. The van der Waals surface area contributed by atoms with Crippen LogP contribution in [0.25, 0.3) is 16.9 Å². The molecule has 0 aliphatic rings. The molecule has 0 fully saturated rings. The van der Waals surface area contributed by atoms with Crippen molar-refractivity contribution < 1.29 is 8.78 Å². The van der Waals surface area contributed by atoms with Crippen LogP contribution in [0.15, 0.2) is 34.9 Å². The van der Waals surface area contributed by atoms with Gasteiger partial charge >= 0.3 is 0 Å². The summed E-state index contributed by atoms with van der Waals surface area (Å²) in [6.45, 7) is 0. The van der Waals surface area contributed by atoms with Gasteiger partial charge in [-0.15, -0.1) is 0 Å². The number of nitrogens with zero attached hydrogens (tertiary/aromatic N) is 2. The van der Waals surface area contributed by atoms with E-state index >= 15 is 0 Å². The van der Waals surface area contributed by atoms with Gasteiger partial charge in [0.05, 0.1) is 5.52 Å². The Labute approximate surface area is 120 Å². The van der Waals surface area contributed by atoms with Crippen molar-refractivity contribution in [2.75, 3.05) is 0 Å². The van der Waals surface area contributed by atoms with E-state index in [-0.39, 0.29) is 10.5 Å². The molecule has 0 amide bonds. The standard InChI is InChI=1S/C12H6BrF2N3S/c13-6-4-9-11(16-5-6)18(12(19)17-9)10-7(14)2-1-3-8(10)15/h1-5H,(H,17,19). The summed E-state index contributed by atoms with van der Waals surface area (Å²) in [5, 5.41) is 0. The van der Waals surface area contributed by atoms with Crippen LogP contribution in [-0.2, 0) is 0 Å². The molecule has 0 spiro atoms. The largest absolute Gasteiger partial charge is 0.329 e. The molecule has 0 aliphatic carbocycles. The number of hydrogen-bond donors (Lipinski definition) is 1. The number of hydrogen-bond acceptors (Lipinski definition) is 2. The van der Waals surface area contributed by atoms with Gasteiger partial charge in [-0.1, -0.05) is 6.07 Å². The molecule has 3 nitrogen and oxygen atoms in total. The molecule has 0 atom stereocenters. The average Bonchev–Trinajstić information content (AvgIpc) is 2.65. The van der Waals surface area contributed by atoms with E-state index in [1.165, 1.54) is 22.8 Å². The molecular weight excluding hydrogens is 336 g/mol. The van der Waals surface area contributed by atoms with E-state index in [0.717, 1.165) is 4.47 Å². The highest BCUT2D eigenvalue weighted by Crippen LogP contribution is 2.24. The van der Waals surface area contributed by atoms with E-state index in [2.05, 4.69) is 25.9 Å². The zero-order valence-corrected chi connectivity index (χ0v) is 11.7. The molecule has 1 aromatic carbocycles. The van der Waals surface area contributed by atoms with Crippen molar-refractivity contribution in [3.63, 3.8) is 0 Å². The van der Waals surface area contributed by atoms with Crippen LogP contribution in [0.3, 0.4) is 0 Å². The molecule has 2 aromatic heterocycles. The zero-order chi connectivity index (χ0) is 13.6. The number of aromatic amines is 1. The number of H-pyrrole nitrogens is 1. The topological polar surface area (TPSA) is 33.6 Å². The zero-order valence-electron chi connectivity index (χ0n) is 9.32. The van der Waals surface area contributed by atoms with Crippen molar-refractivity contribution in [1.82, 2.24) is 14.5 Å². The molecule has 0 saturated carbocycles. The molecule has 0 radical (unpaired) electrons. The summed E-state index contributed by atoms with van der Waals surface area (Å²) in [6.07, 6.45) is 1.54. The molecular formula is C12H6BrF2N3S. The van der Waals surface area contributed by atoms with Crippen LogP contribution in [0.1, 0.15) is 0 Å². The molecule has 96 valence electrons. The van der Waals surface area contributed by atoms with Crippen LogP contribution in [0.2, 0.25) is 0 Å². The first-order chi connectivity index (χ1) is 9.08. The van der Waals surface area contributed by atoms with E-state index in [9.17, 15) is 8.78 Å². The van der Waals surface area contributed by atoms with E-state index in [1.54, 1.807) is 12.3 Å². The fraction of sp³-hybridized carbons (Fsp3) is 0. The molecule has 3 aromatic rings.